The molecule has 1 unspecified atom stereocenters. The fourth-order valence-electron chi connectivity index (χ4n) is 1.45. The van der Waals surface area contributed by atoms with Crippen molar-refractivity contribution >= 4 is 5.91 Å². The number of hydrogen-bond acceptors (Lipinski definition) is 3. The molecule has 4 heteroatoms. The Hall–Kier alpha value is -0.610. The average Bonchev–Trinajstić information content (AvgIpc) is 2.02. The van der Waals surface area contributed by atoms with E-state index in [9.17, 15) is 4.79 Å². The molecule has 76 valence electrons. The van der Waals surface area contributed by atoms with Crippen LogP contribution in [0.3, 0.4) is 0 Å². The Morgan fingerprint density at radius 1 is 1.62 bits per heavy atom. The summed E-state index contributed by atoms with van der Waals surface area (Å²) in [5, 5.41) is 14.9. The van der Waals surface area contributed by atoms with E-state index in [2.05, 4.69) is 10.6 Å². The Labute approximate surface area is 78.7 Å². The number of aliphatic hydroxyl groups excluding tert-OH is 1. The monoisotopic (exact) mass is 186 g/mol. The molecule has 0 aliphatic heterocycles. The van der Waals surface area contributed by atoms with Crippen molar-refractivity contribution in [2.75, 3.05) is 13.6 Å². The van der Waals surface area contributed by atoms with E-state index in [-0.39, 0.29) is 24.0 Å². The number of carbonyl (C=O) groups is 1. The zero-order valence-electron chi connectivity index (χ0n) is 8.21. The van der Waals surface area contributed by atoms with Gasteiger partial charge in [0.05, 0.1) is 6.10 Å². The van der Waals surface area contributed by atoms with Gasteiger partial charge in [-0.05, 0) is 19.9 Å². The molecule has 1 amide bonds. The highest BCUT2D eigenvalue weighted by molar-refractivity contribution is 5.78. The van der Waals surface area contributed by atoms with Gasteiger partial charge >= 0.3 is 0 Å². The van der Waals surface area contributed by atoms with Crippen LogP contribution in [-0.4, -0.2) is 36.8 Å². The van der Waals surface area contributed by atoms with Gasteiger partial charge in [-0.25, -0.2) is 0 Å². The second-order valence-electron chi connectivity index (χ2n) is 3.79. The fraction of sp³-hybridized carbons (Fsp3) is 0.889. The van der Waals surface area contributed by atoms with Gasteiger partial charge in [-0.15, -0.1) is 0 Å². The summed E-state index contributed by atoms with van der Waals surface area (Å²) in [5.74, 6) is 0.0778. The molecule has 0 spiro atoms. The predicted octanol–water partition coefficient (Wildman–Crippen LogP) is -0.519. The van der Waals surface area contributed by atoms with Crippen LogP contribution in [0.4, 0.5) is 0 Å². The van der Waals surface area contributed by atoms with Crippen molar-refractivity contribution in [3.8, 4) is 0 Å². The van der Waals surface area contributed by atoms with E-state index in [1.807, 2.05) is 14.0 Å². The van der Waals surface area contributed by atoms with Crippen LogP contribution in [0.15, 0.2) is 0 Å². The first-order chi connectivity index (χ1) is 6.13. The van der Waals surface area contributed by atoms with Crippen molar-refractivity contribution in [2.24, 2.45) is 5.92 Å². The summed E-state index contributed by atoms with van der Waals surface area (Å²) in [7, 11) is 1.83. The lowest BCUT2D eigenvalue weighted by atomic mass is 9.89. The number of aliphatic hydroxyl groups is 1. The maximum absolute atomic E-state index is 11.4. The van der Waals surface area contributed by atoms with Crippen LogP contribution in [0.2, 0.25) is 0 Å². The fourth-order valence-corrected chi connectivity index (χ4v) is 1.45. The summed E-state index contributed by atoms with van der Waals surface area (Å²) < 4.78 is 0. The molecule has 1 saturated carbocycles. The minimum Gasteiger partial charge on any atom is -0.393 e. The van der Waals surface area contributed by atoms with Crippen LogP contribution in [0, 0.1) is 5.92 Å². The molecule has 0 heterocycles. The molecule has 0 aromatic rings. The molecule has 1 atom stereocenters. The van der Waals surface area contributed by atoms with Gasteiger partial charge in [0.2, 0.25) is 5.91 Å². The largest absolute Gasteiger partial charge is 0.393 e. The lowest BCUT2D eigenvalue weighted by Crippen LogP contribution is -2.49. The minimum atomic E-state index is -0.204. The highest BCUT2D eigenvalue weighted by atomic mass is 16.3. The van der Waals surface area contributed by atoms with Gasteiger partial charge in [0.25, 0.3) is 0 Å². The normalized spacial score (nSPS) is 29.2. The van der Waals surface area contributed by atoms with E-state index < -0.39 is 0 Å². The molecule has 1 fully saturated rings. The third kappa shape index (κ3) is 2.97. The third-order valence-corrected chi connectivity index (χ3v) is 2.42. The van der Waals surface area contributed by atoms with Crippen LogP contribution in [0.5, 0.6) is 0 Å². The van der Waals surface area contributed by atoms with Crippen molar-refractivity contribution < 1.29 is 9.90 Å². The molecule has 1 aliphatic rings. The Kier molecular flexibility index (Phi) is 3.69. The Balaban J connectivity index is 2.17. The van der Waals surface area contributed by atoms with Crippen molar-refractivity contribution in [1.82, 2.24) is 10.6 Å². The molecular formula is C9H18N2O2. The molecule has 0 aromatic carbocycles. The van der Waals surface area contributed by atoms with Gasteiger partial charge < -0.3 is 15.7 Å². The van der Waals surface area contributed by atoms with E-state index in [0.29, 0.717) is 19.4 Å². The molecule has 0 aromatic heterocycles. The summed E-state index contributed by atoms with van der Waals surface area (Å²) in [5.41, 5.74) is 0. The van der Waals surface area contributed by atoms with E-state index >= 15 is 0 Å². The summed E-state index contributed by atoms with van der Waals surface area (Å²) >= 11 is 0. The second kappa shape index (κ2) is 4.58. The maximum Gasteiger partial charge on any atom is 0.224 e. The van der Waals surface area contributed by atoms with Crippen molar-refractivity contribution in [1.29, 1.82) is 0 Å². The molecule has 13 heavy (non-hydrogen) atoms. The number of hydrogen-bond donors (Lipinski definition) is 3. The van der Waals surface area contributed by atoms with Crippen LogP contribution in [0.1, 0.15) is 19.8 Å². The summed E-state index contributed by atoms with van der Waals surface area (Å²) in [6.07, 6.45) is 1.21. The van der Waals surface area contributed by atoms with Crippen molar-refractivity contribution in [3.05, 3.63) is 0 Å². The first-order valence-corrected chi connectivity index (χ1v) is 4.76. The Morgan fingerprint density at radius 2 is 2.23 bits per heavy atom. The van der Waals surface area contributed by atoms with Gasteiger partial charge in [-0.3, -0.25) is 4.79 Å². The second-order valence-corrected chi connectivity index (χ2v) is 3.79. The van der Waals surface area contributed by atoms with E-state index in [1.54, 1.807) is 0 Å². The minimum absolute atomic E-state index is 0.00254. The van der Waals surface area contributed by atoms with Crippen LogP contribution in [0.25, 0.3) is 0 Å². The Bertz CT molecular complexity index is 178. The summed E-state index contributed by atoms with van der Waals surface area (Å²) in [4.78, 5) is 11.4. The first-order valence-electron chi connectivity index (χ1n) is 4.76. The molecule has 1 aliphatic carbocycles. The van der Waals surface area contributed by atoms with Crippen molar-refractivity contribution in [2.45, 2.75) is 31.9 Å². The van der Waals surface area contributed by atoms with E-state index in [4.69, 9.17) is 5.11 Å². The zero-order valence-corrected chi connectivity index (χ0v) is 8.21. The first kappa shape index (κ1) is 10.5. The van der Waals surface area contributed by atoms with E-state index in [1.165, 1.54) is 0 Å². The van der Waals surface area contributed by atoms with Gasteiger partial charge in [0.1, 0.15) is 0 Å². The average molecular weight is 186 g/mol. The number of nitrogens with one attached hydrogen (secondary N) is 2. The summed E-state index contributed by atoms with van der Waals surface area (Å²) in [6.45, 7) is 2.59. The molecule has 3 N–H and O–H groups in total. The topological polar surface area (TPSA) is 61.4 Å². The van der Waals surface area contributed by atoms with Crippen LogP contribution >= 0.6 is 0 Å². The quantitative estimate of drug-likeness (QED) is 0.554. The number of rotatable bonds is 4. The highest BCUT2D eigenvalue weighted by Crippen LogP contribution is 2.19. The zero-order chi connectivity index (χ0) is 9.84. The predicted molar refractivity (Wildman–Crippen MR) is 50.3 cm³/mol. The third-order valence-electron chi connectivity index (χ3n) is 2.42. The van der Waals surface area contributed by atoms with Crippen LogP contribution < -0.4 is 10.6 Å². The lowest BCUT2D eigenvalue weighted by molar-refractivity contribution is -0.126. The van der Waals surface area contributed by atoms with E-state index in [0.717, 1.165) is 0 Å². The lowest BCUT2D eigenvalue weighted by Gasteiger charge is -2.32. The van der Waals surface area contributed by atoms with Gasteiger partial charge in [0.15, 0.2) is 0 Å². The summed E-state index contributed by atoms with van der Waals surface area (Å²) in [6, 6.07) is 0.196. The van der Waals surface area contributed by atoms with Crippen molar-refractivity contribution in [3.63, 3.8) is 0 Å². The molecule has 4 nitrogen and oxygen atoms in total. The molecule has 0 bridgehead atoms. The SMILES string of the molecule is CNCC(C)C(=O)NC1CC(O)C1. The standard InChI is InChI=1S/C9H18N2O2/c1-6(5-10-2)9(13)11-7-3-8(12)4-7/h6-8,10,12H,3-5H2,1-2H3,(H,11,13). The number of amides is 1. The van der Waals surface area contributed by atoms with Crippen LogP contribution in [-0.2, 0) is 4.79 Å². The Morgan fingerprint density at radius 3 is 2.69 bits per heavy atom. The molecular weight excluding hydrogens is 168 g/mol. The van der Waals surface area contributed by atoms with Gasteiger partial charge in [0, 0.05) is 18.5 Å². The highest BCUT2D eigenvalue weighted by Gasteiger charge is 2.29. The number of carbonyl (C=O) groups excluding carboxylic acids is 1. The maximum atomic E-state index is 11.4. The van der Waals surface area contributed by atoms with Gasteiger partial charge in [-0.1, -0.05) is 6.92 Å². The smallest absolute Gasteiger partial charge is 0.224 e. The molecule has 0 saturated heterocycles. The molecule has 0 radical (unpaired) electrons. The molecule has 1 rings (SSSR count). The van der Waals surface area contributed by atoms with Gasteiger partial charge in [-0.2, -0.15) is 0 Å².